The molecule has 4 rings (SSSR count). The van der Waals surface area contributed by atoms with E-state index in [4.69, 9.17) is 4.74 Å². The second kappa shape index (κ2) is 10.5. The first-order valence-corrected chi connectivity index (χ1v) is 11.9. The lowest BCUT2D eigenvalue weighted by Gasteiger charge is -2.40. The van der Waals surface area contributed by atoms with Gasteiger partial charge in [-0.25, -0.2) is 0 Å². The van der Waals surface area contributed by atoms with Crippen LogP contribution in [0.25, 0.3) is 0 Å². The van der Waals surface area contributed by atoms with Gasteiger partial charge in [0.05, 0.1) is 12.1 Å². The molecule has 2 N–H and O–H groups in total. The quantitative estimate of drug-likeness (QED) is 0.653. The van der Waals surface area contributed by atoms with Gasteiger partial charge in [-0.05, 0) is 89.4 Å². The highest BCUT2D eigenvalue weighted by atomic mass is 16.5. The summed E-state index contributed by atoms with van der Waals surface area (Å²) in [5.74, 6) is 0.223. The average molecular weight is 429 g/mol. The third kappa shape index (κ3) is 5.98. The molecule has 0 unspecified atom stereocenters. The number of nitrogens with zero attached hydrogens (tertiary/aromatic N) is 2. The van der Waals surface area contributed by atoms with E-state index in [0.29, 0.717) is 18.0 Å². The summed E-state index contributed by atoms with van der Waals surface area (Å²) in [5, 5.41) is 5.79. The zero-order chi connectivity index (χ0) is 21.6. The minimum atomic E-state index is -0.774. The van der Waals surface area contributed by atoms with Crippen molar-refractivity contribution in [2.45, 2.75) is 64.0 Å². The first-order chi connectivity index (χ1) is 15.1. The van der Waals surface area contributed by atoms with Crippen LogP contribution in [0.3, 0.4) is 0 Å². The van der Waals surface area contributed by atoms with Crippen LogP contribution in [0.2, 0.25) is 0 Å². The summed E-state index contributed by atoms with van der Waals surface area (Å²) >= 11 is 0. The molecule has 2 saturated heterocycles. The summed E-state index contributed by atoms with van der Waals surface area (Å²) in [7, 11) is 0. The molecule has 1 atom stereocenters. The average Bonchev–Trinajstić information content (AvgIpc) is 2.78. The molecule has 1 aromatic rings. The molecule has 2 fully saturated rings. The predicted molar refractivity (Wildman–Crippen MR) is 121 cm³/mol. The first kappa shape index (κ1) is 22.1. The fraction of sp³-hybridized carbons (Fsp3) is 0.667. The van der Waals surface area contributed by atoms with Crippen molar-refractivity contribution in [1.82, 2.24) is 15.1 Å². The van der Waals surface area contributed by atoms with Gasteiger partial charge in [0.25, 0.3) is 5.91 Å². The van der Waals surface area contributed by atoms with Gasteiger partial charge in [0, 0.05) is 12.6 Å². The molecule has 0 saturated carbocycles. The molecule has 3 aliphatic heterocycles. The molecule has 0 aliphatic carbocycles. The maximum Gasteiger partial charge on any atom is 0.266 e. The fourth-order valence-electron chi connectivity index (χ4n) is 4.96. The number of likely N-dealkylation sites (tertiary alicyclic amines) is 2. The van der Waals surface area contributed by atoms with Gasteiger partial charge < -0.3 is 25.2 Å². The topological polar surface area (TPSA) is 73.9 Å². The van der Waals surface area contributed by atoms with E-state index < -0.39 is 6.10 Å². The number of amides is 2. The molecule has 7 heteroatoms. The summed E-state index contributed by atoms with van der Waals surface area (Å²) in [6.07, 6.45) is 6.85. The second-order valence-electron chi connectivity index (χ2n) is 9.17. The zero-order valence-corrected chi connectivity index (χ0v) is 18.7. The van der Waals surface area contributed by atoms with Crippen LogP contribution in [0.4, 0.5) is 5.69 Å². The standard InChI is InChI=1S/C24H36N4O3/c1-18-6-7-21-20(16-18)26-24(30)22(31-21)17-23(29)25-10-5-11-27-14-8-19(9-15-27)28-12-3-2-4-13-28/h6-7,16,19,22H,2-5,8-15,17H2,1H3,(H,25,29)(H,26,30)/t22-/m1/s1. The number of anilines is 1. The van der Waals surface area contributed by atoms with Crippen molar-refractivity contribution >= 4 is 17.5 Å². The van der Waals surface area contributed by atoms with Crippen molar-refractivity contribution in [1.29, 1.82) is 0 Å². The van der Waals surface area contributed by atoms with E-state index in [2.05, 4.69) is 20.4 Å². The molecule has 3 aliphatic rings. The highest BCUT2D eigenvalue weighted by Crippen LogP contribution is 2.31. The van der Waals surface area contributed by atoms with Crippen molar-refractivity contribution in [3.05, 3.63) is 23.8 Å². The highest BCUT2D eigenvalue weighted by molar-refractivity contribution is 6.00. The van der Waals surface area contributed by atoms with Gasteiger partial charge >= 0.3 is 0 Å². The van der Waals surface area contributed by atoms with Gasteiger partial charge in [0.15, 0.2) is 6.10 Å². The largest absolute Gasteiger partial charge is 0.478 e. The van der Waals surface area contributed by atoms with E-state index in [1.807, 2.05) is 25.1 Å². The predicted octanol–water partition coefficient (Wildman–Crippen LogP) is 2.54. The number of hydrogen-bond acceptors (Lipinski definition) is 5. The first-order valence-electron chi connectivity index (χ1n) is 11.9. The van der Waals surface area contributed by atoms with Crippen LogP contribution in [0.5, 0.6) is 5.75 Å². The number of carbonyl (C=O) groups excluding carboxylic acids is 2. The Bertz CT molecular complexity index is 770. The van der Waals surface area contributed by atoms with Crippen LogP contribution in [-0.4, -0.2) is 73.0 Å². The number of hydrogen-bond donors (Lipinski definition) is 2. The minimum Gasteiger partial charge on any atom is -0.478 e. The maximum absolute atomic E-state index is 12.3. The van der Waals surface area contributed by atoms with E-state index >= 15 is 0 Å². The van der Waals surface area contributed by atoms with Crippen LogP contribution in [-0.2, 0) is 9.59 Å². The Kier molecular flexibility index (Phi) is 7.45. The summed E-state index contributed by atoms with van der Waals surface area (Å²) in [6, 6.07) is 6.41. The molecular weight excluding hydrogens is 392 g/mol. The van der Waals surface area contributed by atoms with Gasteiger partial charge in [-0.15, -0.1) is 0 Å². The van der Waals surface area contributed by atoms with Crippen molar-refractivity contribution in [2.24, 2.45) is 0 Å². The molecular formula is C24H36N4O3. The lowest BCUT2D eigenvalue weighted by Crippen LogP contribution is -2.47. The molecule has 7 nitrogen and oxygen atoms in total. The van der Waals surface area contributed by atoms with Gasteiger partial charge in [0.2, 0.25) is 5.91 Å². The van der Waals surface area contributed by atoms with Crippen LogP contribution in [0.1, 0.15) is 50.5 Å². The summed E-state index contributed by atoms with van der Waals surface area (Å²) in [6.45, 7) is 8.49. The van der Waals surface area contributed by atoms with Crippen LogP contribution in [0, 0.1) is 6.92 Å². The Hall–Kier alpha value is -2.12. The van der Waals surface area contributed by atoms with E-state index in [1.54, 1.807) is 0 Å². The van der Waals surface area contributed by atoms with Crippen LogP contribution < -0.4 is 15.4 Å². The summed E-state index contributed by atoms with van der Waals surface area (Å²) in [5.41, 5.74) is 1.72. The lowest BCUT2D eigenvalue weighted by molar-refractivity contribution is -0.130. The molecule has 2 amide bonds. The monoisotopic (exact) mass is 428 g/mol. The number of fused-ring (bicyclic) bond motifs is 1. The Morgan fingerprint density at radius 3 is 2.71 bits per heavy atom. The number of aryl methyl sites for hydroxylation is 1. The van der Waals surface area contributed by atoms with Gasteiger partial charge in [-0.3, -0.25) is 9.59 Å². The molecule has 0 spiro atoms. The Balaban J connectivity index is 1.11. The molecule has 3 heterocycles. The Morgan fingerprint density at radius 1 is 1.16 bits per heavy atom. The number of benzene rings is 1. The maximum atomic E-state index is 12.3. The van der Waals surface area contributed by atoms with Crippen molar-refractivity contribution in [3.8, 4) is 5.75 Å². The van der Waals surface area contributed by atoms with Gasteiger partial charge in [0.1, 0.15) is 5.75 Å². The summed E-state index contributed by atoms with van der Waals surface area (Å²) in [4.78, 5) is 29.8. The van der Waals surface area contributed by atoms with Gasteiger partial charge in [-0.2, -0.15) is 0 Å². The second-order valence-corrected chi connectivity index (χ2v) is 9.17. The minimum absolute atomic E-state index is 0.0420. The van der Waals surface area contributed by atoms with E-state index in [9.17, 15) is 9.59 Å². The van der Waals surface area contributed by atoms with Crippen molar-refractivity contribution in [3.63, 3.8) is 0 Å². The van der Waals surface area contributed by atoms with Gasteiger partial charge in [-0.1, -0.05) is 12.5 Å². The third-order valence-corrected chi connectivity index (χ3v) is 6.76. The Labute approximate surface area is 185 Å². The smallest absolute Gasteiger partial charge is 0.266 e. The molecule has 0 radical (unpaired) electrons. The van der Waals surface area contributed by atoms with E-state index in [1.165, 1.54) is 45.2 Å². The number of carbonyl (C=O) groups is 2. The van der Waals surface area contributed by atoms with Crippen molar-refractivity contribution in [2.75, 3.05) is 44.6 Å². The fourth-order valence-corrected chi connectivity index (χ4v) is 4.96. The Morgan fingerprint density at radius 2 is 1.94 bits per heavy atom. The SMILES string of the molecule is Cc1ccc2c(c1)NC(=O)[C@@H](CC(=O)NCCCN1CCC(N3CCCCC3)CC1)O2. The molecule has 170 valence electrons. The summed E-state index contributed by atoms with van der Waals surface area (Å²) < 4.78 is 5.75. The van der Waals surface area contributed by atoms with Crippen LogP contribution >= 0.6 is 0 Å². The molecule has 0 aromatic heterocycles. The number of piperidine rings is 2. The van der Waals surface area contributed by atoms with Crippen molar-refractivity contribution < 1.29 is 14.3 Å². The molecule has 0 bridgehead atoms. The zero-order valence-electron chi connectivity index (χ0n) is 18.7. The third-order valence-electron chi connectivity index (χ3n) is 6.76. The molecule has 1 aromatic carbocycles. The van der Waals surface area contributed by atoms with Crippen LogP contribution in [0.15, 0.2) is 18.2 Å². The normalized spacial score (nSPS) is 23.0. The number of rotatable bonds is 7. The van der Waals surface area contributed by atoms with E-state index in [-0.39, 0.29) is 18.2 Å². The molecule has 31 heavy (non-hydrogen) atoms. The highest BCUT2D eigenvalue weighted by Gasteiger charge is 2.30. The number of nitrogens with one attached hydrogen (secondary N) is 2. The lowest BCUT2D eigenvalue weighted by atomic mass is 10.00. The van der Waals surface area contributed by atoms with E-state index in [0.717, 1.165) is 37.7 Å². The number of ether oxygens (including phenoxy) is 1.